The quantitative estimate of drug-likeness (QED) is 0.310. The van der Waals surface area contributed by atoms with Gasteiger partial charge in [-0.2, -0.15) is 8.42 Å². The normalized spacial score (nSPS) is 12.6. The molecule has 1 rings (SSSR count). The van der Waals surface area contributed by atoms with Gasteiger partial charge in [0, 0.05) is 29.6 Å². The van der Waals surface area contributed by atoms with Gasteiger partial charge in [0.2, 0.25) is 0 Å². The smallest absolute Gasteiger partial charge is 0.271 e. The van der Waals surface area contributed by atoms with Crippen molar-refractivity contribution in [3.8, 4) is 0 Å². The molecule has 5 heteroatoms. The third-order valence-corrected chi connectivity index (χ3v) is 5.53. The average Bonchev–Trinajstić information content (AvgIpc) is 2.51. The topological polar surface area (TPSA) is 54.4 Å². The van der Waals surface area contributed by atoms with Gasteiger partial charge in [-0.05, 0) is 30.4 Å². The van der Waals surface area contributed by atoms with Gasteiger partial charge in [0.1, 0.15) is 5.25 Å². The Morgan fingerprint density at radius 2 is 1.58 bits per heavy atom. The monoisotopic (exact) mass is 363 g/mol. The number of hydrogen-bond donors (Lipinski definition) is 1. The molecule has 1 radical (unpaired) electrons. The number of hydrogen-bond acceptors (Lipinski definition) is 2. The molecule has 1 aromatic carbocycles. The zero-order valence-electron chi connectivity index (χ0n) is 15.6. The number of rotatable bonds is 12. The fraction of sp³-hybridized carbons (Fsp3) is 0.684. The van der Waals surface area contributed by atoms with E-state index in [9.17, 15) is 13.0 Å². The van der Waals surface area contributed by atoms with Crippen molar-refractivity contribution in [3.63, 3.8) is 0 Å². The van der Waals surface area contributed by atoms with Gasteiger partial charge in [-0.3, -0.25) is 4.55 Å². The van der Waals surface area contributed by atoms with E-state index in [0.717, 1.165) is 24.8 Å². The summed E-state index contributed by atoms with van der Waals surface area (Å²) in [5, 5.41) is -0.790. The Kier molecular flexibility index (Phi) is 13.4. The first-order valence-electron chi connectivity index (χ1n) is 9.04. The van der Waals surface area contributed by atoms with Crippen LogP contribution in [-0.2, 0) is 16.5 Å². The minimum atomic E-state index is -4.03. The van der Waals surface area contributed by atoms with Crippen LogP contribution in [0.5, 0.6) is 0 Å². The molecule has 1 aromatic rings. The van der Waals surface area contributed by atoms with Crippen molar-refractivity contribution < 1.29 is 13.0 Å². The van der Waals surface area contributed by atoms with E-state index in [1.54, 1.807) is 0 Å². The molecule has 1 unspecified atom stereocenters. The molecular formula is C19H32NaO3S. The molecule has 0 aliphatic rings. The molecular weight excluding hydrogens is 331 g/mol. The molecule has 1 N–H and O–H groups in total. The fourth-order valence-corrected chi connectivity index (χ4v) is 4.01. The van der Waals surface area contributed by atoms with Gasteiger partial charge in [-0.1, -0.05) is 83.1 Å². The molecule has 0 aliphatic carbocycles. The SMILES string of the molecule is CCCCCCCCCc1cccc(C(CCC)S(=O)(=O)O)c1.[Na]. The molecule has 0 fully saturated rings. The zero-order chi connectivity index (χ0) is 17.1. The van der Waals surface area contributed by atoms with Gasteiger partial charge in [0.25, 0.3) is 10.1 Å². The maximum atomic E-state index is 11.6. The fourth-order valence-electron chi connectivity index (χ4n) is 2.98. The van der Waals surface area contributed by atoms with Crippen molar-refractivity contribution in [2.24, 2.45) is 0 Å². The van der Waals surface area contributed by atoms with Crippen LogP contribution >= 0.6 is 0 Å². The summed E-state index contributed by atoms with van der Waals surface area (Å²) in [7, 11) is -4.03. The minimum absolute atomic E-state index is 0. The Bertz CT molecular complexity index is 543. The summed E-state index contributed by atoms with van der Waals surface area (Å²) in [5.41, 5.74) is 1.88. The zero-order valence-corrected chi connectivity index (χ0v) is 18.4. The molecule has 24 heavy (non-hydrogen) atoms. The van der Waals surface area contributed by atoms with Crippen LogP contribution in [0.2, 0.25) is 0 Å². The summed E-state index contributed by atoms with van der Waals surface area (Å²) >= 11 is 0. The van der Waals surface area contributed by atoms with Crippen molar-refractivity contribution in [2.45, 2.75) is 83.3 Å². The molecule has 133 valence electrons. The van der Waals surface area contributed by atoms with Crippen LogP contribution in [0.4, 0.5) is 0 Å². The number of unbranched alkanes of at least 4 members (excludes halogenated alkanes) is 6. The van der Waals surface area contributed by atoms with Gasteiger partial charge in [0.15, 0.2) is 0 Å². The first kappa shape index (κ1) is 24.1. The van der Waals surface area contributed by atoms with Crippen molar-refractivity contribution in [1.82, 2.24) is 0 Å². The molecule has 3 nitrogen and oxygen atoms in total. The Balaban J connectivity index is 0.00000529. The van der Waals surface area contributed by atoms with E-state index in [2.05, 4.69) is 6.92 Å². The van der Waals surface area contributed by atoms with Crippen molar-refractivity contribution in [1.29, 1.82) is 0 Å². The van der Waals surface area contributed by atoms with Crippen molar-refractivity contribution >= 4 is 39.7 Å². The minimum Gasteiger partial charge on any atom is -0.285 e. The van der Waals surface area contributed by atoms with Gasteiger partial charge in [-0.15, -0.1) is 0 Å². The summed E-state index contributed by atoms with van der Waals surface area (Å²) in [6.07, 6.45) is 11.1. The van der Waals surface area contributed by atoms with Crippen molar-refractivity contribution in [2.75, 3.05) is 0 Å². The third kappa shape index (κ3) is 9.57. The maximum absolute atomic E-state index is 11.6. The van der Waals surface area contributed by atoms with Gasteiger partial charge < -0.3 is 0 Å². The van der Waals surface area contributed by atoms with Crippen molar-refractivity contribution in [3.05, 3.63) is 35.4 Å². The predicted molar refractivity (Wildman–Crippen MR) is 103 cm³/mol. The van der Waals surface area contributed by atoms with Crippen LogP contribution in [-0.4, -0.2) is 42.5 Å². The summed E-state index contributed by atoms with van der Waals surface area (Å²) in [5.74, 6) is 0. The van der Waals surface area contributed by atoms with Crippen LogP contribution in [0, 0.1) is 0 Å². The third-order valence-electron chi connectivity index (χ3n) is 4.30. The van der Waals surface area contributed by atoms with Gasteiger partial charge >= 0.3 is 0 Å². The van der Waals surface area contributed by atoms with E-state index in [1.165, 1.54) is 44.1 Å². The van der Waals surface area contributed by atoms with E-state index in [1.807, 2.05) is 31.2 Å². The largest absolute Gasteiger partial charge is 0.285 e. The summed E-state index contributed by atoms with van der Waals surface area (Å²) < 4.78 is 32.6. The second kappa shape index (κ2) is 13.3. The Labute approximate surface area is 170 Å². The summed E-state index contributed by atoms with van der Waals surface area (Å²) in [6, 6.07) is 7.71. The Morgan fingerprint density at radius 3 is 2.17 bits per heavy atom. The van der Waals surface area contributed by atoms with Crippen LogP contribution in [0.1, 0.15) is 88.0 Å². The Hall–Kier alpha value is 0.130. The molecule has 1 atom stereocenters. The number of aryl methyl sites for hydroxylation is 1. The number of benzene rings is 1. The van der Waals surface area contributed by atoms with Gasteiger partial charge in [-0.25, -0.2) is 0 Å². The van der Waals surface area contributed by atoms with E-state index in [-0.39, 0.29) is 29.6 Å². The molecule has 0 saturated carbocycles. The van der Waals surface area contributed by atoms with Crippen LogP contribution < -0.4 is 0 Å². The summed E-state index contributed by atoms with van der Waals surface area (Å²) in [6.45, 7) is 4.16. The van der Waals surface area contributed by atoms with Crippen LogP contribution in [0.3, 0.4) is 0 Å². The molecule has 0 heterocycles. The predicted octanol–water partition coefficient (Wildman–Crippen LogP) is 5.33. The van der Waals surface area contributed by atoms with E-state index >= 15 is 0 Å². The first-order chi connectivity index (χ1) is 11.0. The molecule has 0 aliphatic heterocycles. The molecule has 0 saturated heterocycles. The van der Waals surface area contributed by atoms with Crippen LogP contribution in [0.15, 0.2) is 24.3 Å². The van der Waals surface area contributed by atoms with E-state index < -0.39 is 15.4 Å². The molecule has 0 bridgehead atoms. The molecule has 0 aromatic heterocycles. The Morgan fingerprint density at radius 1 is 0.958 bits per heavy atom. The second-order valence-corrected chi connectivity index (χ2v) is 8.01. The standard InChI is InChI=1S/C19H32O3S.Na/c1-3-5-6-7-8-9-10-13-17-14-11-15-18(16-17)19(12-4-2)23(20,21)22;/h11,14-16,19H,3-10,12-13H2,1-2H3,(H,20,21,22);. The first-order valence-corrected chi connectivity index (χ1v) is 10.5. The summed E-state index contributed by atoms with van der Waals surface area (Å²) in [4.78, 5) is 0. The second-order valence-electron chi connectivity index (χ2n) is 6.41. The average molecular weight is 364 g/mol. The van der Waals surface area contributed by atoms with E-state index in [0.29, 0.717) is 6.42 Å². The maximum Gasteiger partial charge on any atom is 0.271 e. The molecule has 0 spiro atoms. The molecule has 0 amide bonds. The van der Waals surface area contributed by atoms with Gasteiger partial charge in [0.05, 0.1) is 0 Å². The van der Waals surface area contributed by atoms with E-state index in [4.69, 9.17) is 0 Å². The van der Waals surface area contributed by atoms with Crippen LogP contribution in [0.25, 0.3) is 0 Å².